The Morgan fingerprint density at radius 1 is 1.03 bits per heavy atom. The van der Waals surface area contributed by atoms with E-state index < -0.39 is 11.4 Å². The molecule has 0 heterocycles. The number of carboxylic acids is 1. The minimum atomic E-state index is -0.721. The van der Waals surface area contributed by atoms with E-state index in [4.69, 9.17) is 10.00 Å². The maximum Gasteiger partial charge on any atom is 0.309 e. The van der Waals surface area contributed by atoms with Crippen molar-refractivity contribution in [3.05, 3.63) is 11.6 Å². The summed E-state index contributed by atoms with van der Waals surface area (Å²) in [5.74, 6) is 0.112. The molecule has 4 fully saturated rings. The third-order valence-corrected chi connectivity index (χ3v) is 13.6. The van der Waals surface area contributed by atoms with Crippen molar-refractivity contribution in [2.75, 3.05) is 6.61 Å². The van der Waals surface area contributed by atoms with E-state index in [1.54, 1.807) is 0 Å². The van der Waals surface area contributed by atoms with Crippen molar-refractivity contribution in [2.24, 2.45) is 50.2 Å². The monoisotopic (exact) mass is 523 g/mol. The Balaban J connectivity index is 1.54. The van der Waals surface area contributed by atoms with E-state index >= 15 is 0 Å². The minimum Gasteiger partial charge on any atom is -0.481 e. The highest BCUT2D eigenvalue weighted by atomic mass is 16.5. The molecule has 0 aromatic heterocycles. The van der Waals surface area contributed by atoms with E-state index in [2.05, 4.69) is 47.6 Å². The number of hydrogen-bond acceptors (Lipinski definition) is 4. The molecule has 9 atom stereocenters. The van der Waals surface area contributed by atoms with Gasteiger partial charge in [0.1, 0.15) is 0 Å². The predicted molar refractivity (Wildman–Crippen MR) is 147 cm³/mol. The number of carboxylic acid groups (broad SMARTS) is 1. The first kappa shape index (κ1) is 27.9. The second kappa shape index (κ2) is 8.66. The number of aliphatic carboxylic acids is 1. The Morgan fingerprint density at radius 2 is 1.71 bits per heavy atom. The number of carbonyl (C=O) groups is 2. The fourth-order valence-electron chi connectivity index (χ4n) is 10.9. The number of allylic oxidation sites excluding steroid dienone is 2. The van der Waals surface area contributed by atoms with Gasteiger partial charge in [0.25, 0.3) is 0 Å². The molecule has 0 spiro atoms. The number of rotatable bonds is 4. The van der Waals surface area contributed by atoms with Gasteiger partial charge in [-0.1, -0.05) is 47.1 Å². The van der Waals surface area contributed by atoms with Crippen LogP contribution in [0.1, 0.15) is 113 Å². The van der Waals surface area contributed by atoms with E-state index in [-0.39, 0.29) is 45.0 Å². The van der Waals surface area contributed by atoms with Gasteiger partial charge in [0.15, 0.2) is 5.78 Å². The maximum absolute atomic E-state index is 14.4. The van der Waals surface area contributed by atoms with Crippen LogP contribution in [0.3, 0.4) is 0 Å². The molecule has 0 amide bonds. The van der Waals surface area contributed by atoms with E-state index in [0.29, 0.717) is 31.1 Å². The Hall–Kier alpha value is -1.67. The summed E-state index contributed by atoms with van der Waals surface area (Å²) in [5.41, 5.74) is 0.237. The zero-order valence-electron chi connectivity index (χ0n) is 24.8. The van der Waals surface area contributed by atoms with Gasteiger partial charge in [-0.05, 0) is 110 Å². The average Bonchev–Trinajstić information content (AvgIpc) is 2.83. The summed E-state index contributed by atoms with van der Waals surface area (Å²) in [7, 11) is 0. The van der Waals surface area contributed by atoms with Gasteiger partial charge in [0, 0.05) is 5.92 Å². The molecule has 0 saturated heterocycles. The summed E-state index contributed by atoms with van der Waals surface area (Å²) in [4.78, 5) is 26.7. The van der Waals surface area contributed by atoms with E-state index in [1.807, 2.05) is 13.0 Å². The second-order valence-corrected chi connectivity index (χ2v) is 15.7. The molecule has 5 heteroatoms. The lowest BCUT2D eigenvalue weighted by Crippen LogP contribution is -2.66. The van der Waals surface area contributed by atoms with Gasteiger partial charge in [-0.2, -0.15) is 5.26 Å². The van der Waals surface area contributed by atoms with Crippen LogP contribution < -0.4 is 0 Å². The van der Waals surface area contributed by atoms with Crippen molar-refractivity contribution >= 4 is 11.8 Å². The smallest absolute Gasteiger partial charge is 0.309 e. The summed E-state index contributed by atoms with van der Waals surface area (Å²) in [5, 5.41) is 19.1. The quantitative estimate of drug-likeness (QED) is 0.389. The Kier molecular flexibility index (Phi) is 6.36. The molecule has 0 unspecified atom stereocenters. The molecule has 210 valence electrons. The molecule has 0 aliphatic heterocycles. The van der Waals surface area contributed by atoms with Gasteiger partial charge < -0.3 is 9.84 Å². The third kappa shape index (κ3) is 3.57. The lowest BCUT2D eigenvalue weighted by molar-refractivity contribution is -0.209. The number of fused-ring (bicyclic) bond motifs is 7. The van der Waals surface area contributed by atoms with Crippen LogP contribution in [0, 0.1) is 61.6 Å². The fraction of sp³-hybridized carbons (Fsp3) is 0.848. The van der Waals surface area contributed by atoms with Crippen molar-refractivity contribution in [1.82, 2.24) is 0 Å². The molecule has 0 radical (unpaired) electrons. The maximum atomic E-state index is 14.4. The topological polar surface area (TPSA) is 87.4 Å². The number of hydrogen-bond donors (Lipinski definition) is 1. The first-order chi connectivity index (χ1) is 17.6. The second-order valence-electron chi connectivity index (χ2n) is 15.7. The van der Waals surface area contributed by atoms with Crippen molar-refractivity contribution in [1.29, 1.82) is 5.26 Å². The van der Waals surface area contributed by atoms with Crippen LogP contribution in [-0.2, 0) is 14.3 Å². The number of nitriles is 1. The summed E-state index contributed by atoms with van der Waals surface area (Å²) in [6, 6.07) is 2.20. The summed E-state index contributed by atoms with van der Waals surface area (Å²) in [6.45, 7) is 16.6. The molecule has 5 rings (SSSR count). The Labute approximate surface area is 229 Å². The summed E-state index contributed by atoms with van der Waals surface area (Å²) < 4.78 is 6.27. The van der Waals surface area contributed by atoms with Crippen molar-refractivity contribution in [3.63, 3.8) is 0 Å². The lowest BCUT2D eigenvalue weighted by Gasteiger charge is -2.70. The highest BCUT2D eigenvalue weighted by molar-refractivity contribution is 5.95. The third-order valence-electron chi connectivity index (χ3n) is 13.6. The Morgan fingerprint density at radius 3 is 2.37 bits per heavy atom. The average molecular weight is 524 g/mol. The molecule has 1 N–H and O–H groups in total. The van der Waals surface area contributed by atoms with E-state index in [9.17, 15) is 14.7 Å². The summed E-state index contributed by atoms with van der Waals surface area (Å²) in [6.07, 6.45) is 11.1. The van der Waals surface area contributed by atoms with Gasteiger partial charge in [-0.25, -0.2) is 0 Å². The zero-order valence-corrected chi connectivity index (χ0v) is 24.8. The predicted octanol–water partition coefficient (Wildman–Crippen LogP) is 7.35. The molecule has 5 nitrogen and oxygen atoms in total. The van der Waals surface area contributed by atoms with Gasteiger partial charge in [0.2, 0.25) is 0 Å². The van der Waals surface area contributed by atoms with Crippen LogP contribution in [0.25, 0.3) is 0 Å². The van der Waals surface area contributed by atoms with E-state index in [1.165, 1.54) is 5.57 Å². The van der Waals surface area contributed by atoms with Gasteiger partial charge >= 0.3 is 5.97 Å². The molecule has 38 heavy (non-hydrogen) atoms. The molecule has 0 aromatic carbocycles. The minimum absolute atomic E-state index is 0.0272. The van der Waals surface area contributed by atoms with E-state index in [0.717, 1.165) is 51.4 Å². The van der Waals surface area contributed by atoms with Gasteiger partial charge in [0.05, 0.1) is 30.6 Å². The van der Waals surface area contributed by atoms with Crippen LogP contribution in [0.2, 0.25) is 0 Å². The molecular weight excluding hydrogens is 474 g/mol. The normalized spacial score (nSPS) is 49.4. The van der Waals surface area contributed by atoms with Crippen LogP contribution in [-0.4, -0.2) is 29.6 Å². The van der Waals surface area contributed by atoms with Crippen molar-refractivity contribution in [2.45, 2.75) is 119 Å². The largest absolute Gasteiger partial charge is 0.481 e. The highest BCUT2D eigenvalue weighted by Gasteiger charge is 2.70. The first-order valence-electron chi connectivity index (χ1n) is 15.1. The van der Waals surface area contributed by atoms with Gasteiger partial charge in [-0.15, -0.1) is 0 Å². The number of nitrogens with zero attached hydrogens (tertiary/aromatic N) is 1. The number of ether oxygens (including phenoxy) is 1. The molecule has 4 saturated carbocycles. The molecular formula is C33H49NO4. The van der Waals surface area contributed by atoms with Crippen LogP contribution >= 0.6 is 0 Å². The first-order valence-corrected chi connectivity index (χ1v) is 15.1. The SMILES string of the molecule is CC1(C)[C@@H](OCCC#N)CC[C@]2(C)[C@H]3C(=O)C=C4[C@@H]5C[C@](C)(C(=O)O)CC[C@]5(C)CC[C@@]4(C)[C@]3(C)CC[C@@H]12. The lowest BCUT2D eigenvalue weighted by atomic mass is 9.33. The van der Waals surface area contributed by atoms with Crippen LogP contribution in [0.5, 0.6) is 0 Å². The Bertz CT molecular complexity index is 1100. The molecule has 5 aliphatic rings. The zero-order chi connectivity index (χ0) is 27.9. The van der Waals surface area contributed by atoms with Crippen LogP contribution in [0.15, 0.2) is 11.6 Å². The van der Waals surface area contributed by atoms with Crippen molar-refractivity contribution < 1.29 is 19.4 Å². The number of carbonyl (C=O) groups excluding carboxylic acids is 1. The molecule has 0 bridgehead atoms. The van der Waals surface area contributed by atoms with Crippen molar-refractivity contribution in [3.8, 4) is 6.07 Å². The van der Waals surface area contributed by atoms with Gasteiger partial charge in [-0.3, -0.25) is 9.59 Å². The van der Waals surface area contributed by atoms with Crippen LogP contribution in [0.4, 0.5) is 0 Å². The molecule has 5 aliphatic carbocycles. The number of ketones is 1. The molecule has 0 aromatic rings. The highest BCUT2D eigenvalue weighted by Crippen LogP contribution is 2.75. The standard InChI is InChI=1S/C33H49NO4/c1-28(2)24-9-12-33(7)26(31(24,5)11-10-25(28)38-18-8-17-34)23(35)19-21-22-20-30(4,27(36)37)14-13-29(22,3)15-16-32(21,33)6/h19,22,24-26H,8-16,18,20H2,1-7H3,(H,36,37)/t22-,24-,25-,26+,29+,30+,31-,32+,33+/m0/s1. The summed E-state index contributed by atoms with van der Waals surface area (Å²) >= 11 is 0. The fourth-order valence-corrected chi connectivity index (χ4v) is 10.9.